The zero-order chi connectivity index (χ0) is 7.11. The molecule has 56 valence electrons. The number of hydrogen-bond acceptors (Lipinski definition) is 1. The molecule has 0 aromatic heterocycles. The van der Waals surface area contributed by atoms with Crippen LogP contribution in [-0.2, 0) is 0 Å². The molecule has 1 fully saturated rings. The Balaban J connectivity index is 0.000000187. The predicted molar refractivity (Wildman–Crippen MR) is 43.9 cm³/mol. The summed E-state index contributed by atoms with van der Waals surface area (Å²) in [5.74, 6) is 0. The van der Waals surface area contributed by atoms with Gasteiger partial charge in [0.25, 0.3) is 0 Å². The van der Waals surface area contributed by atoms with Crippen LogP contribution >= 0.6 is 15.9 Å². The summed E-state index contributed by atoms with van der Waals surface area (Å²) in [4.78, 5) is 0.859. The van der Waals surface area contributed by atoms with Crippen LogP contribution in [0.5, 0.6) is 0 Å². The van der Waals surface area contributed by atoms with Crippen LogP contribution in [0.15, 0.2) is 0 Å². The number of rotatable bonds is 0. The Morgan fingerprint density at radius 2 is 1.78 bits per heavy atom. The molecule has 0 spiro atoms. The fourth-order valence-corrected chi connectivity index (χ4v) is 1.52. The summed E-state index contributed by atoms with van der Waals surface area (Å²) in [6.45, 7) is 1.93. The van der Waals surface area contributed by atoms with Gasteiger partial charge in [-0.05, 0) is 19.8 Å². The van der Waals surface area contributed by atoms with Crippen molar-refractivity contribution in [3.8, 4) is 0 Å². The first-order valence-electron chi connectivity index (χ1n) is 3.56. The van der Waals surface area contributed by atoms with Gasteiger partial charge in [-0.1, -0.05) is 28.8 Å². The summed E-state index contributed by atoms with van der Waals surface area (Å²) < 4.78 is 0. The molecular weight excluding hydrogens is 180 g/mol. The maximum Gasteiger partial charge on any atom is 0.0402 e. The molecule has 1 rings (SSSR count). The van der Waals surface area contributed by atoms with E-state index in [9.17, 15) is 0 Å². The Bertz CT molecular complexity index is 50.9. The summed E-state index contributed by atoms with van der Waals surface area (Å²) in [5, 5.41) is 7.57. The lowest BCUT2D eigenvalue weighted by Gasteiger charge is -1.88. The number of halogens is 1. The van der Waals surface area contributed by atoms with Crippen LogP contribution in [-0.4, -0.2) is 16.5 Å². The van der Waals surface area contributed by atoms with Crippen molar-refractivity contribution < 1.29 is 5.11 Å². The highest BCUT2D eigenvalue weighted by atomic mass is 79.9. The molecule has 0 radical (unpaired) electrons. The van der Waals surface area contributed by atoms with Crippen LogP contribution in [0, 0.1) is 0 Å². The molecule has 0 bridgehead atoms. The van der Waals surface area contributed by atoms with E-state index in [1.807, 2.05) is 0 Å². The van der Waals surface area contributed by atoms with Crippen molar-refractivity contribution in [1.82, 2.24) is 0 Å². The van der Waals surface area contributed by atoms with E-state index in [1.165, 1.54) is 25.7 Å². The van der Waals surface area contributed by atoms with E-state index in [2.05, 4.69) is 15.9 Å². The lowest BCUT2D eigenvalue weighted by molar-refractivity contribution is 0.318. The van der Waals surface area contributed by atoms with Crippen molar-refractivity contribution in [2.75, 3.05) is 6.61 Å². The van der Waals surface area contributed by atoms with Crippen LogP contribution in [0.4, 0.5) is 0 Å². The second kappa shape index (κ2) is 6.56. The molecule has 1 aliphatic carbocycles. The fourth-order valence-electron chi connectivity index (χ4n) is 0.876. The van der Waals surface area contributed by atoms with Crippen molar-refractivity contribution in [1.29, 1.82) is 0 Å². The Morgan fingerprint density at radius 1 is 1.44 bits per heavy atom. The maximum absolute atomic E-state index is 7.57. The van der Waals surface area contributed by atoms with Crippen molar-refractivity contribution in [3.63, 3.8) is 0 Å². The summed E-state index contributed by atoms with van der Waals surface area (Å²) in [7, 11) is 0. The van der Waals surface area contributed by atoms with E-state index in [0.29, 0.717) is 0 Å². The van der Waals surface area contributed by atoms with Gasteiger partial charge in [0.15, 0.2) is 0 Å². The second-order valence-corrected chi connectivity index (χ2v) is 3.49. The van der Waals surface area contributed by atoms with Gasteiger partial charge in [-0.3, -0.25) is 0 Å². The highest BCUT2D eigenvalue weighted by Gasteiger charge is 2.09. The molecule has 0 heterocycles. The fraction of sp³-hybridized carbons (Fsp3) is 1.00. The average molecular weight is 195 g/mol. The molecule has 0 saturated heterocycles. The van der Waals surface area contributed by atoms with E-state index in [4.69, 9.17) is 5.11 Å². The van der Waals surface area contributed by atoms with Crippen LogP contribution in [0.3, 0.4) is 0 Å². The van der Waals surface area contributed by atoms with Gasteiger partial charge < -0.3 is 5.11 Å². The Morgan fingerprint density at radius 3 is 1.89 bits per heavy atom. The monoisotopic (exact) mass is 194 g/mol. The van der Waals surface area contributed by atoms with Gasteiger partial charge in [0.1, 0.15) is 0 Å². The molecule has 1 N–H and O–H groups in total. The summed E-state index contributed by atoms with van der Waals surface area (Å²) >= 11 is 3.54. The second-order valence-electron chi connectivity index (χ2n) is 2.20. The van der Waals surface area contributed by atoms with Gasteiger partial charge in [0.2, 0.25) is 0 Å². The number of hydrogen-bond donors (Lipinski definition) is 1. The smallest absolute Gasteiger partial charge is 0.0402 e. The van der Waals surface area contributed by atoms with Gasteiger partial charge in [0.05, 0.1) is 0 Å². The molecule has 0 atom stereocenters. The first kappa shape index (κ1) is 9.44. The first-order chi connectivity index (χ1) is 4.31. The molecule has 0 aromatic carbocycles. The zero-order valence-electron chi connectivity index (χ0n) is 5.94. The minimum absolute atomic E-state index is 0.250. The van der Waals surface area contributed by atoms with Crippen LogP contribution in [0.2, 0.25) is 0 Å². The molecule has 0 unspecified atom stereocenters. The standard InChI is InChI=1S/C5H9Br.C2H6O/c6-5-3-1-2-4-5;1-2-3/h5H,1-4H2;3H,2H2,1H3. The third-order valence-corrected chi connectivity index (χ3v) is 2.20. The summed E-state index contributed by atoms with van der Waals surface area (Å²) in [5.41, 5.74) is 0. The van der Waals surface area contributed by atoms with Gasteiger partial charge in [0, 0.05) is 11.4 Å². The topological polar surface area (TPSA) is 20.2 Å². The lowest BCUT2D eigenvalue weighted by atomic mass is 10.4. The van der Waals surface area contributed by atoms with Crippen molar-refractivity contribution >= 4 is 15.9 Å². The average Bonchev–Trinajstić information content (AvgIpc) is 2.20. The van der Waals surface area contributed by atoms with E-state index in [0.717, 1.165) is 4.83 Å². The Hall–Kier alpha value is 0.440. The number of alkyl halides is 1. The molecule has 9 heavy (non-hydrogen) atoms. The molecule has 0 aliphatic heterocycles. The van der Waals surface area contributed by atoms with Crippen LogP contribution in [0.25, 0.3) is 0 Å². The highest BCUT2D eigenvalue weighted by molar-refractivity contribution is 9.09. The molecule has 1 saturated carbocycles. The number of aliphatic hydroxyl groups excluding tert-OH is 1. The molecule has 0 amide bonds. The minimum Gasteiger partial charge on any atom is -0.397 e. The molecule has 2 heteroatoms. The van der Waals surface area contributed by atoms with E-state index in [1.54, 1.807) is 6.92 Å². The molecular formula is C7H15BrO. The van der Waals surface area contributed by atoms with E-state index in [-0.39, 0.29) is 6.61 Å². The van der Waals surface area contributed by atoms with Crippen molar-refractivity contribution in [3.05, 3.63) is 0 Å². The minimum atomic E-state index is 0.250. The third kappa shape index (κ3) is 6.32. The summed E-state index contributed by atoms with van der Waals surface area (Å²) in [6.07, 6.45) is 5.69. The molecule has 1 aliphatic rings. The summed E-state index contributed by atoms with van der Waals surface area (Å²) in [6, 6.07) is 0. The van der Waals surface area contributed by atoms with Gasteiger partial charge in [-0.25, -0.2) is 0 Å². The predicted octanol–water partition coefficient (Wildman–Crippen LogP) is 2.32. The highest BCUT2D eigenvalue weighted by Crippen LogP contribution is 2.23. The normalized spacial score (nSPS) is 19.0. The SMILES string of the molecule is BrC1CCCC1.CCO. The molecule has 1 nitrogen and oxygen atoms in total. The largest absolute Gasteiger partial charge is 0.397 e. The van der Waals surface area contributed by atoms with Gasteiger partial charge in [-0.15, -0.1) is 0 Å². The van der Waals surface area contributed by atoms with E-state index >= 15 is 0 Å². The zero-order valence-corrected chi connectivity index (χ0v) is 7.52. The quantitative estimate of drug-likeness (QED) is 0.588. The first-order valence-corrected chi connectivity index (χ1v) is 4.47. The Labute approximate surface area is 65.6 Å². The van der Waals surface area contributed by atoms with Crippen LogP contribution in [0.1, 0.15) is 32.6 Å². The van der Waals surface area contributed by atoms with Crippen molar-refractivity contribution in [2.24, 2.45) is 0 Å². The van der Waals surface area contributed by atoms with Gasteiger partial charge >= 0.3 is 0 Å². The van der Waals surface area contributed by atoms with E-state index < -0.39 is 0 Å². The van der Waals surface area contributed by atoms with Crippen LogP contribution < -0.4 is 0 Å². The maximum atomic E-state index is 7.57. The molecule has 0 aromatic rings. The lowest BCUT2D eigenvalue weighted by Crippen LogP contribution is -1.81. The Kier molecular flexibility index (Phi) is 6.88. The van der Waals surface area contributed by atoms with Gasteiger partial charge in [-0.2, -0.15) is 0 Å². The third-order valence-electron chi connectivity index (χ3n) is 1.28. The van der Waals surface area contributed by atoms with Crippen molar-refractivity contribution in [2.45, 2.75) is 37.4 Å². The number of aliphatic hydroxyl groups is 1.